The summed E-state index contributed by atoms with van der Waals surface area (Å²) < 4.78 is 0. The number of halogens is 1. The lowest BCUT2D eigenvalue weighted by molar-refractivity contribution is -0.134. The molecule has 1 aliphatic heterocycles. The maximum atomic E-state index is 12.7. The number of nitrogens with zero attached hydrogens (tertiary/aromatic N) is 3. The number of carbonyl (C=O) groups is 1. The molecule has 4 aliphatic rings. The second-order valence-corrected chi connectivity index (χ2v) is 9.33. The lowest BCUT2D eigenvalue weighted by atomic mass is 10.1. The van der Waals surface area contributed by atoms with E-state index in [0.29, 0.717) is 17.9 Å². The number of hydrogen-bond acceptors (Lipinski definition) is 3. The molecule has 3 saturated carbocycles. The van der Waals surface area contributed by atoms with E-state index >= 15 is 0 Å². The Morgan fingerprint density at radius 2 is 1.86 bits per heavy atom. The first-order chi connectivity index (χ1) is 13.7. The molecule has 29 heavy (non-hydrogen) atoms. The minimum absolute atomic E-state index is 0. The van der Waals surface area contributed by atoms with Crippen LogP contribution < -0.4 is 10.6 Å². The van der Waals surface area contributed by atoms with Gasteiger partial charge in [0.05, 0.1) is 6.54 Å². The van der Waals surface area contributed by atoms with E-state index in [2.05, 4.69) is 27.4 Å². The predicted octanol–water partition coefficient (Wildman–Crippen LogP) is 2.83. The number of amides is 1. The Balaban J connectivity index is 0.00000240. The van der Waals surface area contributed by atoms with Crippen molar-refractivity contribution < 1.29 is 4.79 Å². The zero-order valence-electron chi connectivity index (χ0n) is 18.1. The van der Waals surface area contributed by atoms with Gasteiger partial charge in [-0.1, -0.05) is 12.8 Å². The zero-order chi connectivity index (χ0) is 19.3. The summed E-state index contributed by atoms with van der Waals surface area (Å²) in [5.74, 6) is 2.56. The zero-order valence-corrected chi connectivity index (χ0v) is 20.4. The number of rotatable bonds is 9. The van der Waals surface area contributed by atoms with Gasteiger partial charge in [-0.2, -0.15) is 0 Å². The molecule has 0 aromatic carbocycles. The smallest absolute Gasteiger partial charge is 0.225 e. The summed E-state index contributed by atoms with van der Waals surface area (Å²) in [6.07, 6.45) is 11.3. The van der Waals surface area contributed by atoms with Crippen LogP contribution in [0.5, 0.6) is 0 Å². The van der Waals surface area contributed by atoms with Crippen LogP contribution in [0.2, 0.25) is 0 Å². The second-order valence-electron chi connectivity index (χ2n) is 9.33. The molecule has 0 bridgehead atoms. The number of carbonyl (C=O) groups excluding carboxylic acids is 1. The Labute approximate surface area is 193 Å². The third-order valence-electron chi connectivity index (χ3n) is 6.80. The molecule has 3 aliphatic carbocycles. The molecule has 7 heteroatoms. The van der Waals surface area contributed by atoms with E-state index < -0.39 is 0 Å². The molecule has 2 N–H and O–H groups in total. The summed E-state index contributed by atoms with van der Waals surface area (Å²) >= 11 is 0. The highest BCUT2D eigenvalue weighted by molar-refractivity contribution is 14.0. The lowest BCUT2D eigenvalue weighted by Crippen LogP contribution is -2.45. The molecule has 0 radical (unpaired) electrons. The van der Waals surface area contributed by atoms with Gasteiger partial charge in [0.2, 0.25) is 5.91 Å². The summed E-state index contributed by atoms with van der Waals surface area (Å²) in [7, 11) is 0. The van der Waals surface area contributed by atoms with Gasteiger partial charge in [-0.15, -0.1) is 24.0 Å². The van der Waals surface area contributed by atoms with E-state index in [4.69, 9.17) is 4.99 Å². The molecule has 1 unspecified atom stereocenters. The maximum absolute atomic E-state index is 12.7. The Hall–Kier alpha value is -0.570. The van der Waals surface area contributed by atoms with Crippen molar-refractivity contribution in [2.45, 2.75) is 76.8 Å². The van der Waals surface area contributed by atoms with Crippen molar-refractivity contribution in [2.24, 2.45) is 16.8 Å². The Kier molecular flexibility index (Phi) is 8.89. The Morgan fingerprint density at radius 3 is 2.52 bits per heavy atom. The van der Waals surface area contributed by atoms with Crippen molar-refractivity contribution in [1.82, 2.24) is 20.4 Å². The van der Waals surface area contributed by atoms with Crippen molar-refractivity contribution in [3.05, 3.63) is 0 Å². The molecule has 1 saturated heterocycles. The van der Waals surface area contributed by atoms with Crippen molar-refractivity contribution in [1.29, 1.82) is 0 Å². The summed E-state index contributed by atoms with van der Waals surface area (Å²) in [4.78, 5) is 22.3. The monoisotopic (exact) mass is 517 g/mol. The van der Waals surface area contributed by atoms with Crippen molar-refractivity contribution in [3.63, 3.8) is 0 Å². The first-order valence-electron chi connectivity index (χ1n) is 11.8. The minimum atomic E-state index is 0. The minimum Gasteiger partial charge on any atom is -0.357 e. The molecule has 166 valence electrons. The molecule has 1 amide bonds. The third kappa shape index (κ3) is 6.97. The van der Waals surface area contributed by atoms with Crippen molar-refractivity contribution in [3.8, 4) is 0 Å². The average Bonchev–Trinajstić information content (AvgIpc) is 3.60. The van der Waals surface area contributed by atoms with Crippen LogP contribution in [0, 0.1) is 11.8 Å². The molecule has 6 nitrogen and oxygen atoms in total. The van der Waals surface area contributed by atoms with E-state index in [-0.39, 0.29) is 24.0 Å². The molecular formula is C22H40IN5O. The molecule has 1 heterocycles. The molecule has 0 aromatic rings. The molecule has 1 atom stereocenters. The molecule has 4 fully saturated rings. The maximum Gasteiger partial charge on any atom is 0.225 e. The molecule has 4 rings (SSSR count). The summed E-state index contributed by atoms with van der Waals surface area (Å²) in [6.45, 7) is 7.93. The van der Waals surface area contributed by atoms with Crippen LogP contribution in [-0.4, -0.2) is 73.0 Å². The molecule has 0 spiro atoms. The van der Waals surface area contributed by atoms with E-state index in [1.807, 2.05) is 0 Å². The molecule has 0 aromatic heterocycles. The number of aliphatic imine (C=N–C) groups is 1. The Morgan fingerprint density at radius 1 is 1.10 bits per heavy atom. The highest BCUT2D eigenvalue weighted by atomic mass is 127. The standard InChI is InChI=1S/C22H39N5O.HI/c1-2-23-22(24-12-14-26(20-9-10-20)15-17-7-8-17)25-19-11-13-27(16-19)21(28)18-5-3-4-6-18;/h17-20H,2-16H2,1H3,(H2,23,24,25);1H. The number of guanidine groups is 1. The van der Waals surface area contributed by atoms with E-state index in [1.165, 1.54) is 45.1 Å². The SMILES string of the molecule is CCNC(=NCCN(CC1CC1)C1CC1)NC1CCN(C(=O)C2CCCC2)C1.I. The lowest BCUT2D eigenvalue weighted by Gasteiger charge is -2.22. The summed E-state index contributed by atoms with van der Waals surface area (Å²) in [6, 6.07) is 1.16. The van der Waals surface area contributed by atoms with Crippen molar-refractivity contribution in [2.75, 3.05) is 39.3 Å². The fraction of sp³-hybridized carbons (Fsp3) is 0.909. The fourth-order valence-corrected chi connectivity index (χ4v) is 4.81. The van der Waals surface area contributed by atoms with Gasteiger partial charge in [0.15, 0.2) is 5.96 Å². The number of nitrogens with one attached hydrogen (secondary N) is 2. The van der Waals surface area contributed by atoms with Gasteiger partial charge in [-0.05, 0) is 57.8 Å². The van der Waals surface area contributed by atoms with Crippen LogP contribution in [0.3, 0.4) is 0 Å². The van der Waals surface area contributed by atoms with E-state index in [0.717, 1.165) is 69.9 Å². The van der Waals surface area contributed by atoms with E-state index in [9.17, 15) is 4.79 Å². The summed E-state index contributed by atoms with van der Waals surface area (Å²) in [5, 5.41) is 6.99. The van der Waals surface area contributed by atoms with Gasteiger partial charge in [0, 0.05) is 50.7 Å². The van der Waals surface area contributed by atoms with E-state index in [1.54, 1.807) is 0 Å². The van der Waals surface area contributed by atoms with Gasteiger partial charge in [0.25, 0.3) is 0 Å². The number of hydrogen-bond donors (Lipinski definition) is 2. The van der Waals surface area contributed by atoms with Crippen LogP contribution in [0.1, 0.15) is 64.7 Å². The largest absolute Gasteiger partial charge is 0.357 e. The first kappa shape index (κ1) is 23.1. The quantitative estimate of drug-likeness (QED) is 0.281. The van der Waals surface area contributed by atoms with Crippen LogP contribution in [0.15, 0.2) is 4.99 Å². The predicted molar refractivity (Wildman–Crippen MR) is 129 cm³/mol. The highest BCUT2D eigenvalue weighted by Crippen LogP contribution is 2.34. The van der Waals surface area contributed by atoms with Crippen LogP contribution in [0.4, 0.5) is 0 Å². The average molecular weight is 518 g/mol. The van der Waals surface area contributed by atoms with Crippen LogP contribution in [0.25, 0.3) is 0 Å². The number of likely N-dealkylation sites (tertiary alicyclic amines) is 1. The van der Waals surface area contributed by atoms with Gasteiger partial charge in [-0.25, -0.2) is 0 Å². The van der Waals surface area contributed by atoms with Gasteiger partial charge in [0.1, 0.15) is 0 Å². The molecular weight excluding hydrogens is 477 g/mol. The topological polar surface area (TPSA) is 60.0 Å². The van der Waals surface area contributed by atoms with Gasteiger partial charge < -0.3 is 15.5 Å². The highest BCUT2D eigenvalue weighted by Gasteiger charge is 2.34. The van der Waals surface area contributed by atoms with Crippen LogP contribution >= 0.6 is 24.0 Å². The van der Waals surface area contributed by atoms with Gasteiger partial charge in [-0.3, -0.25) is 14.7 Å². The summed E-state index contributed by atoms with van der Waals surface area (Å²) in [5.41, 5.74) is 0. The van der Waals surface area contributed by atoms with Crippen molar-refractivity contribution >= 4 is 35.8 Å². The Bertz CT molecular complexity index is 557. The normalized spacial score (nSPS) is 25.4. The van der Waals surface area contributed by atoms with Gasteiger partial charge >= 0.3 is 0 Å². The van der Waals surface area contributed by atoms with Crippen LogP contribution in [-0.2, 0) is 4.79 Å². The fourth-order valence-electron chi connectivity index (χ4n) is 4.81. The first-order valence-corrected chi connectivity index (χ1v) is 11.8. The second kappa shape index (κ2) is 11.2. The third-order valence-corrected chi connectivity index (χ3v) is 6.80.